The molecule has 0 N–H and O–H groups in total. The number of hydrogen-bond donors (Lipinski definition) is 0. The maximum absolute atomic E-state index is 13.9. The van der Waals surface area contributed by atoms with Crippen molar-refractivity contribution in [1.82, 2.24) is 0 Å². The molecule has 0 aromatic carbocycles. The highest BCUT2D eigenvalue weighted by Crippen LogP contribution is 2.61. The first-order valence-corrected chi connectivity index (χ1v) is 10.5. The summed E-state index contributed by atoms with van der Waals surface area (Å²) in [6, 6.07) is 0.257. The molecule has 0 aliphatic heterocycles. The Morgan fingerprint density at radius 2 is 1.07 bits per heavy atom. The third-order valence-electron chi connectivity index (χ3n) is 3.16. The Labute approximate surface area is 183 Å². The van der Waals surface area contributed by atoms with Crippen LogP contribution in [-0.2, 0) is 9.84 Å². The van der Waals surface area contributed by atoms with E-state index in [1.807, 2.05) is 0 Å². The predicted molar refractivity (Wildman–Crippen MR) is 87.7 cm³/mol. The molecule has 0 aliphatic rings. The van der Waals surface area contributed by atoms with Crippen LogP contribution in [0.2, 0.25) is 0 Å². The first-order chi connectivity index (χ1) is 12.4. The van der Waals surface area contributed by atoms with Gasteiger partial charge in [-0.2, -0.15) is 57.1 Å². The van der Waals surface area contributed by atoms with Gasteiger partial charge in [0, 0.05) is 0 Å². The molecule has 1 aromatic heterocycles. The van der Waals surface area contributed by atoms with E-state index in [1.54, 1.807) is 0 Å². The molecule has 2 nitrogen and oxygen atoms in total. The van der Waals surface area contributed by atoms with Crippen LogP contribution in [0, 0.1) is 5.77 Å². The summed E-state index contributed by atoms with van der Waals surface area (Å²) >= 11 is 2.63. The zero-order valence-electron chi connectivity index (χ0n) is 12.4. The van der Waals surface area contributed by atoms with Gasteiger partial charge in [-0.3, -0.25) is 0 Å². The van der Waals surface area contributed by atoms with Crippen molar-refractivity contribution >= 4 is 66.4 Å². The van der Waals surface area contributed by atoms with E-state index >= 15 is 0 Å². The van der Waals surface area contributed by atoms with E-state index in [2.05, 4.69) is 0 Å². The molecule has 0 aliphatic carbocycles. The Bertz CT molecular complexity index is 888. The van der Waals surface area contributed by atoms with Crippen LogP contribution in [0.15, 0.2) is 11.0 Å². The van der Waals surface area contributed by atoms with Gasteiger partial charge in [0.25, 0.3) is 9.84 Å². The second-order valence-electron chi connectivity index (χ2n) is 5.00. The van der Waals surface area contributed by atoms with Gasteiger partial charge < -0.3 is 0 Å². The molecule has 0 bridgehead atoms. The second kappa shape index (κ2) is 7.37. The third kappa shape index (κ3) is 3.71. The normalized spacial score (nSPS) is 15.7. The average molecular weight is 718 g/mol. The van der Waals surface area contributed by atoms with Gasteiger partial charge in [-0.05, 0) is 51.2 Å². The number of thiophene rings is 1. The summed E-state index contributed by atoms with van der Waals surface area (Å²) < 4.78 is 192. The van der Waals surface area contributed by atoms with Gasteiger partial charge in [-0.1, -0.05) is 0 Å². The standard InChI is InChI=1S/C10HF13I2O2S2/c11-5(12,7(15,16)9(19,20)21)6(13,14)8(17,18)10(22,23)29(26,27)2-1-3(24)28-4(2)25/h1H. The fourth-order valence-electron chi connectivity index (χ4n) is 1.57. The molecule has 0 amide bonds. The van der Waals surface area contributed by atoms with E-state index in [4.69, 9.17) is 0 Å². The highest BCUT2D eigenvalue weighted by atomic mass is 127. The van der Waals surface area contributed by atoms with Crippen LogP contribution in [0.4, 0.5) is 57.1 Å². The zero-order valence-corrected chi connectivity index (χ0v) is 18.3. The van der Waals surface area contributed by atoms with Crippen LogP contribution in [-0.4, -0.2) is 43.5 Å². The largest absolute Gasteiger partial charge is 0.460 e. The topological polar surface area (TPSA) is 34.1 Å². The van der Waals surface area contributed by atoms with Gasteiger partial charge in [-0.15, -0.1) is 11.3 Å². The molecule has 0 radical (unpaired) electrons. The van der Waals surface area contributed by atoms with Crippen molar-refractivity contribution < 1.29 is 65.5 Å². The quantitative estimate of drug-likeness (QED) is 0.252. The number of alkyl halides is 13. The molecule has 1 rings (SSSR count). The number of sulfone groups is 1. The SMILES string of the molecule is O=S(=O)(c1cc(I)sc1I)C(F)(F)C(F)(F)C(F)(F)C(F)(F)C(F)(F)C(F)(F)F. The van der Waals surface area contributed by atoms with E-state index in [9.17, 15) is 65.5 Å². The molecule has 0 saturated carbocycles. The van der Waals surface area contributed by atoms with Crippen molar-refractivity contribution in [2.24, 2.45) is 0 Å². The van der Waals surface area contributed by atoms with Gasteiger partial charge in [0.1, 0.15) is 0 Å². The summed E-state index contributed by atoms with van der Waals surface area (Å²) in [5.74, 6) is -32.1. The van der Waals surface area contributed by atoms with Gasteiger partial charge in [0.2, 0.25) is 0 Å². The summed E-state index contributed by atoms with van der Waals surface area (Å²) in [5, 5.41) is -7.21. The lowest BCUT2D eigenvalue weighted by Crippen LogP contribution is -2.71. The molecular formula is C10HF13I2O2S2. The smallest absolute Gasteiger partial charge is 0.217 e. The first kappa shape index (κ1) is 27.2. The van der Waals surface area contributed by atoms with Gasteiger partial charge in [-0.25, -0.2) is 8.42 Å². The molecule has 0 atom stereocenters. The first-order valence-electron chi connectivity index (χ1n) is 6.06. The van der Waals surface area contributed by atoms with Crippen LogP contribution in [0.3, 0.4) is 0 Å². The molecule has 0 fully saturated rings. The number of halogens is 15. The highest BCUT2D eigenvalue weighted by Gasteiger charge is 2.92. The molecule has 1 heterocycles. The maximum atomic E-state index is 13.9. The maximum Gasteiger partial charge on any atom is 0.460 e. The van der Waals surface area contributed by atoms with E-state index in [0.717, 1.165) is 22.6 Å². The van der Waals surface area contributed by atoms with E-state index in [-0.39, 0.29) is 8.95 Å². The number of hydrogen-bond acceptors (Lipinski definition) is 3. The van der Waals surface area contributed by atoms with Crippen molar-refractivity contribution in [2.45, 2.75) is 40.0 Å². The Balaban J connectivity index is 3.72. The Morgan fingerprint density at radius 1 is 0.690 bits per heavy atom. The van der Waals surface area contributed by atoms with Gasteiger partial charge in [0.15, 0.2) is 0 Å². The van der Waals surface area contributed by atoms with E-state index < -0.39 is 52.7 Å². The minimum atomic E-state index is -8.16. The van der Waals surface area contributed by atoms with Crippen molar-refractivity contribution in [3.63, 3.8) is 0 Å². The molecule has 1 aromatic rings. The minimum Gasteiger partial charge on any atom is -0.217 e. The summed E-state index contributed by atoms with van der Waals surface area (Å²) in [5.41, 5.74) is 0. The minimum absolute atomic E-state index is 0.176. The summed E-state index contributed by atoms with van der Waals surface area (Å²) in [7, 11) is -6.96. The van der Waals surface area contributed by atoms with Crippen LogP contribution in [0.25, 0.3) is 0 Å². The molecule has 0 unspecified atom stereocenters. The Kier molecular flexibility index (Phi) is 6.92. The lowest BCUT2D eigenvalue weighted by Gasteiger charge is -2.39. The predicted octanol–water partition coefficient (Wildman–Crippen LogP) is 6.43. The molecule has 0 saturated heterocycles. The molecule has 170 valence electrons. The van der Waals surface area contributed by atoms with Gasteiger partial charge in [0.05, 0.1) is 10.7 Å². The molecule has 29 heavy (non-hydrogen) atoms. The van der Waals surface area contributed by atoms with Crippen molar-refractivity contribution in [1.29, 1.82) is 0 Å². The van der Waals surface area contributed by atoms with Crippen LogP contribution < -0.4 is 0 Å². The van der Waals surface area contributed by atoms with E-state index in [0.29, 0.717) is 11.3 Å². The molecule has 19 heteroatoms. The Hall–Kier alpha value is 0.200. The highest BCUT2D eigenvalue weighted by molar-refractivity contribution is 14.1. The van der Waals surface area contributed by atoms with Crippen molar-refractivity contribution in [3.8, 4) is 0 Å². The van der Waals surface area contributed by atoms with Crippen molar-refractivity contribution in [3.05, 3.63) is 11.8 Å². The third-order valence-corrected chi connectivity index (χ3v) is 8.41. The average Bonchev–Trinajstić information content (AvgIpc) is 2.84. The summed E-state index contributed by atoms with van der Waals surface area (Å²) in [4.78, 5) is -1.74. The fraction of sp³-hybridized carbons (Fsp3) is 0.600. The Morgan fingerprint density at radius 3 is 1.38 bits per heavy atom. The lowest BCUT2D eigenvalue weighted by molar-refractivity contribution is -0.433. The summed E-state index contributed by atoms with van der Waals surface area (Å²) in [6.07, 6.45) is -7.57. The van der Waals surface area contributed by atoms with Crippen LogP contribution in [0.5, 0.6) is 0 Å². The molecular weight excluding hydrogens is 717 g/mol. The lowest BCUT2D eigenvalue weighted by atomic mass is 9.98. The van der Waals surface area contributed by atoms with E-state index in [1.165, 1.54) is 22.6 Å². The molecule has 0 spiro atoms. The fourth-order valence-corrected chi connectivity index (χ4v) is 8.02. The van der Waals surface area contributed by atoms with Crippen LogP contribution in [0.1, 0.15) is 0 Å². The van der Waals surface area contributed by atoms with Crippen molar-refractivity contribution in [2.75, 3.05) is 0 Å². The van der Waals surface area contributed by atoms with Gasteiger partial charge >= 0.3 is 35.1 Å². The van der Waals surface area contributed by atoms with Crippen LogP contribution >= 0.6 is 56.5 Å². The zero-order chi connectivity index (χ0) is 23.6. The second-order valence-corrected chi connectivity index (χ2v) is 11.7. The summed E-state index contributed by atoms with van der Waals surface area (Å²) in [6.45, 7) is 0. The monoisotopic (exact) mass is 718 g/mol. The number of rotatable bonds is 6.